The Kier molecular flexibility index (Phi) is 9.21. The lowest BCUT2D eigenvalue weighted by Crippen LogP contribution is -2.31. The van der Waals surface area contributed by atoms with Crippen LogP contribution in [0.3, 0.4) is 0 Å². The smallest absolute Gasteiger partial charge is 0.251 e. The molecule has 2 amide bonds. The minimum absolute atomic E-state index is 0. The van der Waals surface area contributed by atoms with Crippen LogP contribution in [0.25, 0.3) is 0 Å². The van der Waals surface area contributed by atoms with E-state index in [4.69, 9.17) is 5.73 Å². The Balaban J connectivity index is 0.00000400. The molecule has 0 saturated heterocycles. The maximum absolute atomic E-state index is 11.8. The fraction of sp³-hybridized carbons (Fsp3) is 0.467. The molecular formula is C15H24ClN3O2. The molecule has 0 aromatic heterocycles. The van der Waals surface area contributed by atoms with Gasteiger partial charge in [-0.15, -0.1) is 12.4 Å². The van der Waals surface area contributed by atoms with Crippen LogP contribution in [0.15, 0.2) is 24.3 Å². The molecule has 0 bridgehead atoms. The predicted molar refractivity (Wildman–Crippen MR) is 87.6 cm³/mol. The number of halogens is 1. The molecule has 3 N–H and O–H groups in total. The lowest BCUT2D eigenvalue weighted by Gasteiger charge is -2.18. The number of amides is 2. The average Bonchev–Trinajstić information content (AvgIpc) is 2.44. The second-order valence-corrected chi connectivity index (χ2v) is 4.55. The minimum atomic E-state index is -0.160. The highest BCUT2D eigenvalue weighted by molar-refractivity contribution is 5.94. The molecule has 5 nitrogen and oxygen atoms in total. The van der Waals surface area contributed by atoms with Gasteiger partial charge in [0.25, 0.3) is 5.91 Å². The largest absolute Gasteiger partial charge is 0.399 e. The van der Waals surface area contributed by atoms with Crippen molar-refractivity contribution in [1.29, 1.82) is 0 Å². The van der Waals surface area contributed by atoms with E-state index in [-0.39, 0.29) is 24.2 Å². The SMILES string of the molecule is CCN(CC)C(=O)CCCNC(=O)c1cccc(N)c1.Cl. The van der Waals surface area contributed by atoms with Crippen LogP contribution in [0, 0.1) is 0 Å². The van der Waals surface area contributed by atoms with Crippen molar-refractivity contribution in [1.82, 2.24) is 10.2 Å². The van der Waals surface area contributed by atoms with Gasteiger partial charge in [-0.2, -0.15) is 0 Å². The van der Waals surface area contributed by atoms with E-state index in [9.17, 15) is 9.59 Å². The van der Waals surface area contributed by atoms with Crippen molar-refractivity contribution < 1.29 is 9.59 Å². The van der Waals surface area contributed by atoms with Crippen LogP contribution in [0.2, 0.25) is 0 Å². The fourth-order valence-electron chi connectivity index (χ4n) is 1.96. The first-order chi connectivity index (χ1) is 9.58. The molecule has 0 unspecified atom stereocenters. The first kappa shape index (κ1) is 19.2. The summed E-state index contributed by atoms with van der Waals surface area (Å²) in [6, 6.07) is 6.83. The third-order valence-electron chi connectivity index (χ3n) is 3.12. The topological polar surface area (TPSA) is 75.4 Å². The molecule has 0 fully saturated rings. The molecule has 0 aliphatic carbocycles. The van der Waals surface area contributed by atoms with Crippen molar-refractivity contribution in [2.24, 2.45) is 0 Å². The normalized spacial score (nSPS) is 9.62. The van der Waals surface area contributed by atoms with Gasteiger partial charge in [0, 0.05) is 37.3 Å². The molecule has 0 atom stereocenters. The molecule has 0 saturated carbocycles. The van der Waals surface area contributed by atoms with Gasteiger partial charge in [-0.25, -0.2) is 0 Å². The zero-order chi connectivity index (χ0) is 15.0. The van der Waals surface area contributed by atoms with E-state index in [2.05, 4.69) is 5.32 Å². The number of anilines is 1. The summed E-state index contributed by atoms with van der Waals surface area (Å²) >= 11 is 0. The van der Waals surface area contributed by atoms with Crippen molar-refractivity contribution in [2.45, 2.75) is 26.7 Å². The average molecular weight is 314 g/mol. The molecule has 118 valence electrons. The maximum atomic E-state index is 11.8. The summed E-state index contributed by atoms with van der Waals surface area (Å²) in [5.74, 6) is -0.0270. The van der Waals surface area contributed by atoms with Crippen molar-refractivity contribution in [3.63, 3.8) is 0 Å². The summed E-state index contributed by atoms with van der Waals surface area (Å²) in [4.78, 5) is 25.4. The molecule has 21 heavy (non-hydrogen) atoms. The Morgan fingerprint density at radius 2 is 1.90 bits per heavy atom. The Morgan fingerprint density at radius 3 is 2.48 bits per heavy atom. The quantitative estimate of drug-likeness (QED) is 0.597. The lowest BCUT2D eigenvalue weighted by atomic mass is 10.2. The van der Waals surface area contributed by atoms with Crippen LogP contribution in [0.5, 0.6) is 0 Å². The molecule has 0 aliphatic heterocycles. The van der Waals surface area contributed by atoms with Gasteiger partial charge in [-0.1, -0.05) is 6.07 Å². The van der Waals surface area contributed by atoms with Crippen LogP contribution in [-0.4, -0.2) is 36.3 Å². The molecule has 6 heteroatoms. The number of nitrogens with zero attached hydrogens (tertiary/aromatic N) is 1. The second kappa shape index (κ2) is 10.0. The highest BCUT2D eigenvalue weighted by Crippen LogP contribution is 2.06. The Hall–Kier alpha value is -1.75. The van der Waals surface area contributed by atoms with Crippen molar-refractivity contribution in [2.75, 3.05) is 25.4 Å². The van der Waals surface area contributed by atoms with E-state index in [1.807, 2.05) is 13.8 Å². The zero-order valence-electron chi connectivity index (χ0n) is 12.6. The van der Waals surface area contributed by atoms with Crippen LogP contribution >= 0.6 is 12.4 Å². The van der Waals surface area contributed by atoms with E-state index in [1.54, 1.807) is 29.2 Å². The Morgan fingerprint density at radius 1 is 1.24 bits per heavy atom. The third kappa shape index (κ3) is 6.49. The number of hydrogen-bond acceptors (Lipinski definition) is 3. The van der Waals surface area contributed by atoms with Gasteiger partial charge in [0.1, 0.15) is 0 Å². The highest BCUT2D eigenvalue weighted by Gasteiger charge is 2.09. The number of rotatable bonds is 7. The molecular weight excluding hydrogens is 290 g/mol. The lowest BCUT2D eigenvalue weighted by molar-refractivity contribution is -0.130. The number of nitrogens with two attached hydrogens (primary N) is 1. The summed E-state index contributed by atoms with van der Waals surface area (Å²) in [5.41, 5.74) is 6.73. The molecule has 1 aromatic carbocycles. The van der Waals surface area contributed by atoms with Crippen LogP contribution < -0.4 is 11.1 Å². The summed E-state index contributed by atoms with van der Waals surface area (Å²) in [6.45, 7) is 5.86. The van der Waals surface area contributed by atoms with E-state index >= 15 is 0 Å². The number of carbonyl (C=O) groups is 2. The summed E-state index contributed by atoms with van der Waals surface area (Å²) in [7, 11) is 0. The molecule has 0 heterocycles. The molecule has 0 spiro atoms. The zero-order valence-corrected chi connectivity index (χ0v) is 13.4. The number of carbonyl (C=O) groups excluding carboxylic acids is 2. The van der Waals surface area contributed by atoms with Gasteiger partial charge in [0.15, 0.2) is 0 Å². The molecule has 0 radical (unpaired) electrons. The standard InChI is InChI=1S/C15H23N3O2.ClH/c1-3-18(4-2)14(19)9-6-10-17-15(20)12-7-5-8-13(16)11-12;/h5,7-8,11H,3-4,6,9-10,16H2,1-2H3,(H,17,20);1H. The number of hydrogen-bond donors (Lipinski definition) is 2. The molecule has 1 aromatic rings. The number of benzene rings is 1. The van der Waals surface area contributed by atoms with Gasteiger partial charge >= 0.3 is 0 Å². The maximum Gasteiger partial charge on any atom is 0.251 e. The van der Waals surface area contributed by atoms with E-state index < -0.39 is 0 Å². The van der Waals surface area contributed by atoms with Gasteiger partial charge in [-0.3, -0.25) is 9.59 Å². The van der Waals surface area contributed by atoms with Crippen LogP contribution in [-0.2, 0) is 4.79 Å². The Bertz CT molecular complexity index is 462. The van der Waals surface area contributed by atoms with E-state index in [1.165, 1.54) is 0 Å². The highest BCUT2D eigenvalue weighted by atomic mass is 35.5. The molecule has 0 aliphatic rings. The second-order valence-electron chi connectivity index (χ2n) is 4.55. The molecule has 1 rings (SSSR count). The minimum Gasteiger partial charge on any atom is -0.399 e. The number of nitrogens with one attached hydrogen (secondary N) is 1. The third-order valence-corrected chi connectivity index (χ3v) is 3.12. The first-order valence-electron chi connectivity index (χ1n) is 7.00. The van der Waals surface area contributed by atoms with E-state index in [0.29, 0.717) is 30.6 Å². The fourth-order valence-corrected chi connectivity index (χ4v) is 1.96. The first-order valence-corrected chi connectivity index (χ1v) is 7.00. The summed E-state index contributed by atoms with van der Waals surface area (Å²) < 4.78 is 0. The van der Waals surface area contributed by atoms with Crippen molar-refractivity contribution >= 4 is 29.9 Å². The van der Waals surface area contributed by atoms with Gasteiger partial charge in [0.05, 0.1) is 0 Å². The number of nitrogen functional groups attached to an aromatic ring is 1. The summed E-state index contributed by atoms with van der Waals surface area (Å²) in [6.07, 6.45) is 1.10. The summed E-state index contributed by atoms with van der Waals surface area (Å²) in [5, 5.41) is 2.79. The Labute approximate surface area is 132 Å². The van der Waals surface area contributed by atoms with Gasteiger partial charge < -0.3 is 16.0 Å². The van der Waals surface area contributed by atoms with Crippen LogP contribution in [0.1, 0.15) is 37.0 Å². The van der Waals surface area contributed by atoms with Crippen molar-refractivity contribution in [3.8, 4) is 0 Å². The van der Waals surface area contributed by atoms with Gasteiger partial charge in [-0.05, 0) is 38.5 Å². The van der Waals surface area contributed by atoms with E-state index in [0.717, 1.165) is 13.1 Å². The monoisotopic (exact) mass is 313 g/mol. The predicted octanol–water partition coefficient (Wildman–Crippen LogP) is 2.07. The van der Waals surface area contributed by atoms with Crippen molar-refractivity contribution in [3.05, 3.63) is 29.8 Å². The van der Waals surface area contributed by atoms with Gasteiger partial charge in [0.2, 0.25) is 5.91 Å². The van der Waals surface area contributed by atoms with Crippen LogP contribution in [0.4, 0.5) is 5.69 Å².